The number of nitrogens with one attached hydrogen (secondary N) is 1. The van der Waals surface area contributed by atoms with E-state index in [1.54, 1.807) is 0 Å². The number of nitrogens with zero attached hydrogens (tertiary/aromatic N) is 1. The molecule has 42 heavy (non-hydrogen) atoms. The van der Waals surface area contributed by atoms with E-state index in [9.17, 15) is 4.79 Å². The molecule has 208 valence electrons. The summed E-state index contributed by atoms with van der Waals surface area (Å²) in [4.78, 5) is 15.6. The first-order valence-electron chi connectivity index (χ1n) is 13.7. The van der Waals surface area contributed by atoms with Crippen molar-refractivity contribution in [1.82, 2.24) is 0 Å². The Hall–Kier alpha value is -4.26. The summed E-state index contributed by atoms with van der Waals surface area (Å²) in [6, 6.07) is 33.6. The van der Waals surface area contributed by atoms with E-state index < -0.39 is 5.60 Å². The van der Waals surface area contributed by atoms with Crippen LogP contribution < -0.4 is 15.0 Å². The van der Waals surface area contributed by atoms with Gasteiger partial charge in [-0.3, -0.25) is 0 Å². The summed E-state index contributed by atoms with van der Waals surface area (Å²) in [5.41, 5.74) is 6.56. The molecule has 5 aromatic rings. The number of hydrogen-bond donors (Lipinski definition) is 1. The van der Waals surface area contributed by atoms with Gasteiger partial charge in [0.2, 0.25) is 0 Å². The van der Waals surface area contributed by atoms with Crippen LogP contribution in [0.25, 0.3) is 0 Å². The molecule has 1 unspecified atom stereocenters. The van der Waals surface area contributed by atoms with E-state index in [0.717, 1.165) is 56.0 Å². The number of carbonyl (C=O) groups excluding carboxylic acids is 1. The molecule has 0 bridgehead atoms. The normalized spacial score (nSPS) is 16.2. The van der Waals surface area contributed by atoms with E-state index in [4.69, 9.17) is 21.1 Å². The Bertz CT molecular complexity index is 1860. The summed E-state index contributed by atoms with van der Waals surface area (Å²) in [6.07, 6.45) is 0. The smallest absolute Gasteiger partial charge is 0.340 e. The van der Waals surface area contributed by atoms with Crippen molar-refractivity contribution in [3.8, 4) is 11.5 Å². The maximum Gasteiger partial charge on any atom is 0.340 e. The van der Waals surface area contributed by atoms with Crippen molar-refractivity contribution in [2.75, 3.05) is 16.8 Å². The Morgan fingerprint density at radius 2 is 1.55 bits per heavy atom. The first-order valence-corrected chi connectivity index (χ1v) is 14.9. The fourth-order valence-corrected chi connectivity index (χ4v) is 6.32. The highest BCUT2D eigenvalue weighted by atomic mass is 79.9. The zero-order valence-electron chi connectivity index (χ0n) is 22.9. The van der Waals surface area contributed by atoms with Crippen LogP contribution in [0, 0.1) is 6.92 Å². The van der Waals surface area contributed by atoms with Gasteiger partial charge in [-0.05, 0) is 98.3 Å². The van der Waals surface area contributed by atoms with E-state index in [1.165, 1.54) is 0 Å². The van der Waals surface area contributed by atoms with E-state index in [2.05, 4.69) is 51.3 Å². The highest BCUT2D eigenvalue weighted by molar-refractivity contribution is 9.10. The predicted octanol–water partition coefficient (Wildman–Crippen LogP) is 9.88. The van der Waals surface area contributed by atoms with Gasteiger partial charge in [0.25, 0.3) is 0 Å². The number of esters is 1. The first kappa shape index (κ1) is 26.6. The Kier molecular flexibility index (Phi) is 6.48. The van der Waals surface area contributed by atoms with Crippen molar-refractivity contribution in [3.63, 3.8) is 0 Å². The minimum atomic E-state index is -1.16. The number of aryl methyl sites for hydroxylation is 1. The van der Waals surface area contributed by atoms with Gasteiger partial charge in [-0.2, -0.15) is 0 Å². The standard InChI is InChI=1S/C35H26BrClN2O3/c1-3-39(25-14-8-22(36)9-15-25)26-16-17-29-33(19-26)41-32-18-21(2)31(38-24-12-10-23(37)11-13-24)20-30(32)35(29)28-7-5-4-6-27(28)34(40)42-35/h4-20,38H,3H2,1-2H3. The molecule has 0 aromatic heterocycles. The second-order valence-electron chi connectivity index (χ2n) is 10.4. The fraction of sp³-hybridized carbons (Fsp3) is 0.114. The van der Waals surface area contributed by atoms with Gasteiger partial charge in [-0.1, -0.05) is 45.7 Å². The van der Waals surface area contributed by atoms with Crippen LogP contribution in [-0.2, 0) is 10.3 Å². The van der Waals surface area contributed by atoms with Crippen molar-refractivity contribution < 1.29 is 14.3 Å². The molecule has 5 aromatic carbocycles. The summed E-state index contributed by atoms with van der Waals surface area (Å²) in [5, 5.41) is 4.17. The Morgan fingerprint density at radius 1 is 0.833 bits per heavy atom. The van der Waals surface area contributed by atoms with Crippen molar-refractivity contribution >= 4 is 56.2 Å². The third-order valence-corrected chi connectivity index (χ3v) is 8.71. The number of carbonyl (C=O) groups is 1. The maximum atomic E-state index is 13.4. The largest absolute Gasteiger partial charge is 0.456 e. The number of anilines is 4. The minimum absolute atomic E-state index is 0.355. The van der Waals surface area contributed by atoms with Gasteiger partial charge in [0, 0.05) is 61.5 Å². The molecule has 2 heterocycles. The summed E-state index contributed by atoms with van der Waals surface area (Å²) >= 11 is 9.65. The molecular weight excluding hydrogens is 612 g/mol. The maximum absolute atomic E-state index is 13.4. The molecule has 0 amide bonds. The van der Waals surface area contributed by atoms with Crippen molar-refractivity contribution in [2.45, 2.75) is 19.4 Å². The van der Waals surface area contributed by atoms with Crippen LogP contribution in [0.1, 0.15) is 39.5 Å². The van der Waals surface area contributed by atoms with Gasteiger partial charge in [0.1, 0.15) is 11.5 Å². The predicted molar refractivity (Wildman–Crippen MR) is 171 cm³/mol. The van der Waals surface area contributed by atoms with Crippen LogP contribution in [0.4, 0.5) is 22.7 Å². The minimum Gasteiger partial charge on any atom is -0.456 e. The van der Waals surface area contributed by atoms with Crippen molar-refractivity contribution in [1.29, 1.82) is 0 Å². The molecule has 1 spiro atoms. The van der Waals surface area contributed by atoms with Crippen LogP contribution in [0.3, 0.4) is 0 Å². The summed E-state index contributed by atoms with van der Waals surface area (Å²) < 4.78 is 14.1. The SMILES string of the molecule is CCN(c1ccc(Br)cc1)c1ccc2c(c1)Oc1cc(C)c(Nc3ccc(Cl)cc3)cc1C21OC(=O)c2ccccc21. The fourth-order valence-electron chi connectivity index (χ4n) is 5.93. The lowest BCUT2D eigenvalue weighted by Crippen LogP contribution is -2.33. The highest BCUT2D eigenvalue weighted by Crippen LogP contribution is 2.57. The van der Waals surface area contributed by atoms with Crippen LogP contribution in [0.5, 0.6) is 11.5 Å². The second kappa shape index (κ2) is 10.2. The van der Waals surface area contributed by atoms with E-state index in [0.29, 0.717) is 22.1 Å². The molecule has 7 rings (SSSR count). The van der Waals surface area contributed by atoms with E-state index in [1.807, 2.05) is 91.9 Å². The monoisotopic (exact) mass is 636 g/mol. The lowest BCUT2D eigenvalue weighted by molar-refractivity contribution is 0.0224. The van der Waals surface area contributed by atoms with E-state index in [-0.39, 0.29) is 5.97 Å². The van der Waals surface area contributed by atoms with E-state index >= 15 is 0 Å². The molecule has 0 aliphatic carbocycles. The number of halogens is 2. The number of hydrogen-bond acceptors (Lipinski definition) is 5. The van der Waals surface area contributed by atoms with Crippen molar-refractivity contribution in [2.24, 2.45) is 0 Å². The van der Waals surface area contributed by atoms with Crippen LogP contribution in [0.15, 0.2) is 108 Å². The summed E-state index contributed by atoms with van der Waals surface area (Å²) in [6.45, 7) is 4.91. The van der Waals surface area contributed by atoms with Crippen LogP contribution in [-0.4, -0.2) is 12.5 Å². The Balaban J connectivity index is 1.40. The Labute approximate surface area is 257 Å². The number of benzene rings is 5. The van der Waals surface area contributed by atoms with Gasteiger partial charge >= 0.3 is 5.97 Å². The molecular formula is C35H26BrClN2O3. The summed E-state index contributed by atoms with van der Waals surface area (Å²) in [7, 11) is 0. The van der Waals surface area contributed by atoms with Gasteiger partial charge in [0.05, 0.1) is 5.56 Å². The molecule has 0 saturated carbocycles. The molecule has 1 atom stereocenters. The molecule has 0 fully saturated rings. The molecule has 2 aliphatic heterocycles. The van der Waals surface area contributed by atoms with Crippen LogP contribution >= 0.6 is 27.5 Å². The number of ether oxygens (including phenoxy) is 2. The molecule has 0 saturated heterocycles. The number of rotatable bonds is 5. The van der Waals surface area contributed by atoms with Gasteiger partial charge in [-0.15, -0.1) is 0 Å². The summed E-state index contributed by atoms with van der Waals surface area (Å²) in [5.74, 6) is 0.944. The average Bonchev–Trinajstić information content (AvgIpc) is 3.29. The molecule has 0 radical (unpaired) electrons. The second-order valence-corrected chi connectivity index (χ2v) is 11.8. The van der Waals surface area contributed by atoms with Gasteiger partial charge in [0.15, 0.2) is 5.60 Å². The molecule has 2 aliphatic rings. The van der Waals surface area contributed by atoms with Crippen molar-refractivity contribution in [3.05, 3.63) is 140 Å². The lowest BCUT2D eigenvalue weighted by atomic mass is 9.77. The Morgan fingerprint density at radius 3 is 2.31 bits per heavy atom. The number of fused-ring (bicyclic) bond motifs is 6. The lowest BCUT2D eigenvalue weighted by Gasteiger charge is -2.38. The zero-order valence-corrected chi connectivity index (χ0v) is 25.3. The molecule has 1 N–H and O–H groups in total. The first-order chi connectivity index (χ1) is 20.4. The van der Waals surface area contributed by atoms with Gasteiger partial charge in [-0.25, -0.2) is 4.79 Å². The van der Waals surface area contributed by atoms with Gasteiger partial charge < -0.3 is 19.7 Å². The third kappa shape index (κ3) is 4.25. The molecule has 7 heteroatoms. The average molecular weight is 638 g/mol. The third-order valence-electron chi connectivity index (χ3n) is 7.93. The van der Waals surface area contributed by atoms with Crippen LogP contribution in [0.2, 0.25) is 5.02 Å². The quantitative estimate of drug-likeness (QED) is 0.194. The highest BCUT2D eigenvalue weighted by Gasteiger charge is 2.53. The molecule has 5 nitrogen and oxygen atoms in total. The zero-order chi connectivity index (χ0) is 29.0. The topological polar surface area (TPSA) is 50.8 Å².